The Morgan fingerprint density at radius 3 is 2.09 bits per heavy atom. The molecular weight excluding hydrogens is 502 g/mol. The molecule has 0 spiro atoms. The van der Waals surface area contributed by atoms with E-state index in [0.29, 0.717) is 16.9 Å². The standard InChI is InChI=1S/C25H21N3O4S3/c26-24(29)18-8-10-19(11-9-18)27-25(30)23(17-5-2-1-3-6-17)34-21-14-12-20(13-15-21)28-35(31,32)22-7-4-16-33-22/h1-16,23,28H,(H2,26,29)(H,27,30). The van der Waals surface area contributed by atoms with Crippen molar-refractivity contribution in [2.45, 2.75) is 14.4 Å². The molecule has 35 heavy (non-hydrogen) atoms. The fourth-order valence-corrected chi connectivity index (χ4v) is 6.26. The minimum Gasteiger partial charge on any atom is -0.366 e. The normalized spacial score (nSPS) is 12.0. The maximum Gasteiger partial charge on any atom is 0.271 e. The Labute approximate surface area is 211 Å². The zero-order valence-corrected chi connectivity index (χ0v) is 20.7. The van der Waals surface area contributed by atoms with Crippen molar-refractivity contribution in [3.63, 3.8) is 0 Å². The number of thiophene rings is 1. The Bertz CT molecular complexity index is 1410. The first kappa shape index (κ1) is 24.5. The third kappa shape index (κ3) is 6.30. The number of amides is 2. The van der Waals surface area contributed by atoms with Gasteiger partial charge in [0, 0.05) is 21.8 Å². The summed E-state index contributed by atoms with van der Waals surface area (Å²) in [4.78, 5) is 25.3. The number of rotatable bonds is 9. The number of carbonyl (C=O) groups excluding carboxylic acids is 2. The number of anilines is 2. The van der Waals surface area contributed by atoms with Crippen LogP contribution in [-0.2, 0) is 14.8 Å². The van der Waals surface area contributed by atoms with Crippen molar-refractivity contribution >= 4 is 56.3 Å². The van der Waals surface area contributed by atoms with Crippen LogP contribution in [0.4, 0.5) is 11.4 Å². The Hall–Kier alpha value is -3.60. The first-order valence-corrected chi connectivity index (χ1v) is 13.6. The number of sulfonamides is 1. The molecule has 0 aliphatic carbocycles. The van der Waals surface area contributed by atoms with Crippen molar-refractivity contribution in [1.82, 2.24) is 0 Å². The molecular formula is C25H21N3O4S3. The highest BCUT2D eigenvalue weighted by Gasteiger charge is 2.22. The van der Waals surface area contributed by atoms with Crippen molar-refractivity contribution in [2.24, 2.45) is 5.73 Å². The lowest BCUT2D eigenvalue weighted by molar-refractivity contribution is -0.115. The molecule has 178 valence electrons. The van der Waals surface area contributed by atoms with Gasteiger partial charge in [-0.25, -0.2) is 8.42 Å². The van der Waals surface area contributed by atoms with Gasteiger partial charge in [0.2, 0.25) is 11.8 Å². The summed E-state index contributed by atoms with van der Waals surface area (Å²) >= 11 is 2.48. The summed E-state index contributed by atoms with van der Waals surface area (Å²) in [6, 6.07) is 25.8. The van der Waals surface area contributed by atoms with Gasteiger partial charge >= 0.3 is 0 Å². The fraction of sp³-hybridized carbons (Fsp3) is 0.0400. The van der Waals surface area contributed by atoms with Crippen molar-refractivity contribution in [3.8, 4) is 0 Å². The largest absolute Gasteiger partial charge is 0.366 e. The zero-order valence-electron chi connectivity index (χ0n) is 18.3. The fourth-order valence-electron chi connectivity index (χ4n) is 3.19. The molecule has 10 heteroatoms. The first-order valence-electron chi connectivity index (χ1n) is 10.4. The molecule has 4 N–H and O–H groups in total. The van der Waals surface area contributed by atoms with Crippen molar-refractivity contribution in [3.05, 3.63) is 108 Å². The van der Waals surface area contributed by atoms with E-state index >= 15 is 0 Å². The first-order chi connectivity index (χ1) is 16.8. The SMILES string of the molecule is NC(=O)c1ccc(NC(=O)C(Sc2ccc(NS(=O)(=O)c3cccs3)cc2)c2ccccc2)cc1. The topological polar surface area (TPSA) is 118 Å². The molecule has 0 fully saturated rings. The summed E-state index contributed by atoms with van der Waals surface area (Å²) in [5.41, 5.74) is 7.41. The van der Waals surface area contributed by atoms with Gasteiger partial charge < -0.3 is 11.1 Å². The third-order valence-corrected chi connectivity index (χ3v) is 8.94. The van der Waals surface area contributed by atoms with E-state index in [-0.39, 0.29) is 10.1 Å². The molecule has 0 saturated carbocycles. The Balaban J connectivity index is 1.50. The second-order valence-corrected chi connectivity index (χ2v) is 11.4. The predicted molar refractivity (Wildman–Crippen MR) is 140 cm³/mol. The summed E-state index contributed by atoms with van der Waals surface area (Å²) in [5, 5.41) is 4.02. The molecule has 1 heterocycles. The second-order valence-electron chi connectivity index (χ2n) is 7.40. The van der Waals surface area contributed by atoms with Gasteiger partial charge in [0.25, 0.3) is 10.0 Å². The summed E-state index contributed by atoms with van der Waals surface area (Å²) in [6.45, 7) is 0. The average Bonchev–Trinajstić information content (AvgIpc) is 3.40. The van der Waals surface area contributed by atoms with E-state index in [1.807, 2.05) is 30.3 Å². The zero-order chi connectivity index (χ0) is 24.8. The molecule has 0 radical (unpaired) electrons. The third-order valence-electron chi connectivity index (χ3n) is 4.90. The Kier molecular flexibility index (Phi) is 7.54. The summed E-state index contributed by atoms with van der Waals surface area (Å²) in [7, 11) is -3.64. The van der Waals surface area contributed by atoms with Crippen LogP contribution in [0, 0.1) is 0 Å². The van der Waals surface area contributed by atoms with Crippen molar-refractivity contribution in [1.29, 1.82) is 0 Å². The van der Waals surface area contributed by atoms with Gasteiger partial charge in [-0.3, -0.25) is 14.3 Å². The van der Waals surface area contributed by atoms with Crippen LogP contribution in [-0.4, -0.2) is 20.2 Å². The lowest BCUT2D eigenvalue weighted by atomic mass is 10.1. The number of hydrogen-bond donors (Lipinski definition) is 3. The molecule has 4 aromatic rings. The van der Waals surface area contributed by atoms with E-state index in [1.54, 1.807) is 66.0 Å². The number of nitrogens with two attached hydrogens (primary N) is 1. The van der Waals surface area contributed by atoms with Gasteiger partial charge in [0.1, 0.15) is 9.46 Å². The molecule has 2 amide bonds. The Morgan fingerprint density at radius 2 is 1.49 bits per heavy atom. The number of nitrogens with one attached hydrogen (secondary N) is 2. The average molecular weight is 524 g/mol. The van der Waals surface area contributed by atoms with Crippen LogP contribution < -0.4 is 15.8 Å². The number of thioether (sulfide) groups is 1. The smallest absolute Gasteiger partial charge is 0.271 e. The van der Waals surface area contributed by atoms with Gasteiger partial charge in [-0.15, -0.1) is 23.1 Å². The molecule has 0 aliphatic rings. The lowest BCUT2D eigenvalue weighted by Crippen LogP contribution is -2.19. The molecule has 0 bridgehead atoms. The minimum atomic E-state index is -3.64. The van der Waals surface area contributed by atoms with E-state index in [4.69, 9.17) is 5.73 Å². The van der Waals surface area contributed by atoms with Crippen LogP contribution in [0.1, 0.15) is 21.2 Å². The van der Waals surface area contributed by atoms with Gasteiger partial charge in [0.05, 0.1) is 0 Å². The van der Waals surface area contributed by atoms with E-state index in [9.17, 15) is 18.0 Å². The molecule has 3 aromatic carbocycles. The van der Waals surface area contributed by atoms with E-state index in [0.717, 1.165) is 21.8 Å². The van der Waals surface area contributed by atoms with Crippen LogP contribution in [0.15, 0.2) is 105 Å². The van der Waals surface area contributed by atoms with Crippen LogP contribution in [0.3, 0.4) is 0 Å². The number of carbonyl (C=O) groups is 2. The monoisotopic (exact) mass is 523 g/mol. The summed E-state index contributed by atoms with van der Waals surface area (Å²) < 4.78 is 27.7. The van der Waals surface area contributed by atoms with Gasteiger partial charge in [-0.05, 0) is 65.5 Å². The van der Waals surface area contributed by atoms with Gasteiger partial charge in [-0.2, -0.15) is 0 Å². The van der Waals surface area contributed by atoms with Crippen LogP contribution >= 0.6 is 23.1 Å². The highest BCUT2D eigenvalue weighted by atomic mass is 32.2. The molecule has 1 atom stereocenters. The lowest BCUT2D eigenvalue weighted by Gasteiger charge is -2.17. The molecule has 0 saturated heterocycles. The quantitative estimate of drug-likeness (QED) is 0.263. The summed E-state index contributed by atoms with van der Waals surface area (Å²) in [5.74, 6) is -0.780. The Morgan fingerprint density at radius 1 is 0.829 bits per heavy atom. The molecule has 4 rings (SSSR count). The van der Waals surface area contributed by atoms with Crippen LogP contribution in [0.2, 0.25) is 0 Å². The van der Waals surface area contributed by atoms with Gasteiger partial charge in [0.15, 0.2) is 0 Å². The number of primary amides is 1. The number of hydrogen-bond acceptors (Lipinski definition) is 6. The van der Waals surface area contributed by atoms with Crippen LogP contribution in [0.5, 0.6) is 0 Å². The van der Waals surface area contributed by atoms with Gasteiger partial charge in [-0.1, -0.05) is 36.4 Å². The summed E-state index contributed by atoms with van der Waals surface area (Å²) in [6.07, 6.45) is 0. The van der Waals surface area contributed by atoms with Crippen LogP contribution in [0.25, 0.3) is 0 Å². The van der Waals surface area contributed by atoms with Crippen molar-refractivity contribution in [2.75, 3.05) is 10.0 Å². The molecule has 1 unspecified atom stereocenters. The van der Waals surface area contributed by atoms with Crippen molar-refractivity contribution < 1.29 is 18.0 Å². The predicted octanol–water partition coefficient (Wildman–Crippen LogP) is 5.12. The molecule has 0 aliphatic heterocycles. The second kappa shape index (κ2) is 10.8. The maximum absolute atomic E-state index is 13.2. The minimum absolute atomic E-state index is 0.237. The highest BCUT2D eigenvalue weighted by Crippen LogP contribution is 2.37. The number of benzene rings is 3. The molecule has 7 nitrogen and oxygen atoms in total. The van der Waals surface area contributed by atoms with E-state index < -0.39 is 21.2 Å². The molecule has 1 aromatic heterocycles. The maximum atomic E-state index is 13.2. The van der Waals surface area contributed by atoms with E-state index in [2.05, 4.69) is 10.0 Å². The highest BCUT2D eigenvalue weighted by molar-refractivity contribution is 8.00. The van der Waals surface area contributed by atoms with E-state index in [1.165, 1.54) is 11.8 Å².